The lowest BCUT2D eigenvalue weighted by Crippen LogP contribution is -2.65. The van der Waals surface area contributed by atoms with Gasteiger partial charge in [-0.05, 0) is 49.7 Å². The highest BCUT2D eigenvalue weighted by atomic mass is 16.5. The molecule has 0 amide bonds. The molecular formula is C29H36N8O. The molecule has 3 aliphatic rings. The highest BCUT2D eigenvalue weighted by Crippen LogP contribution is 2.33. The van der Waals surface area contributed by atoms with Crippen molar-refractivity contribution in [3.05, 3.63) is 53.8 Å². The van der Waals surface area contributed by atoms with Crippen LogP contribution >= 0.6 is 0 Å². The quantitative estimate of drug-likeness (QED) is 0.564. The van der Waals surface area contributed by atoms with Crippen LogP contribution in [0.25, 0.3) is 10.9 Å². The van der Waals surface area contributed by atoms with Gasteiger partial charge in [0.1, 0.15) is 11.9 Å². The number of nitrogens with zero attached hydrogens (tertiary/aromatic N) is 7. The minimum atomic E-state index is 0.0114. The molecule has 6 rings (SSSR count). The number of nitriles is 1. The summed E-state index contributed by atoms with van der Waals surface area (Å²) >= 11 is 0. The van der Waals surface area contributed by atoms with Crippen LogP contribution < -0.4 is 20.4 Å². The lowest BCUT2D eigenvalue weighted by atomic mass is 10.0. The Morgan fingerprint density at radius 3 is 2.68 bits per heavy atom. The number of nitrogens with two attached hydrogens (primary N) is 1. The predicted molar refractivity (Wildman–Crippen MR) is 151 cm³/mol. The average Bonchev–Trinajstić information content (AvgIpc) is 3.32. The van der Waals surface area contributed by atoms with E-state index in [1.54, 1.807) is 13.2 Å². The average molecular weight is 514 g/mol. The molecule has 4 atom stereocenters. The van der Waals surface area contributed by atoms with Crippen molar-refractivity contribution >= 4 is 28.1 Å². The number of methoxy groups -OCH3 is 1. The van der Waals surface area contributed by atoms with Crippen molar-refractivity contribution in [2.24, 2.45) is 5.73 Å². The van der Waals surface area contributed by atoms with E-state index in [9.17, 15) is 5.26 Å². The third-order valence-corrected chi connectivity index (χ3v) is 8.48. The van der Waals surface area contributed by atoms with Gasteiger partial charge in [-0.3, -0.25) is 9.88 Å². The van der Waals surface area contributed by atoms with Gasteiger partial charge in [-0.25, -0.2) is 4.98 Å². The number of pyridine rings is 2. The molecule has 38 heavy (non-hydrogen) atoms. The number of anilines is 3. The fourth-order valence-corrected chi connectivity index (χ4v) is 6.54. The first-order valence-electron chi connectivity index (χ1n) is 13.9. The fourth-order valence-electron chi connectivity index (χ4n) is 6.54. The van der Waals surface area contributed by atoms with Gasteiger partial charge >= 0.3 is 0 Å². The SMILES string of the molecule is [2H]c1ccc2c(N3C[C@@H]4CN(c5ncc(N6C[C@@H](N)[C@H](OC)C6)cc5C)CCN4[C@H](C)C3)ccc(C#N)c2n1. The third kappa shape index (κ3) is 4.33. The standard InChI is InChI=1S/C29H36N8O/c1-19-11-22(35-17-25(31)27(18-35)38-3)13-33-29(19)34-9-10-37-20(2)14-36(16-23(37)15-34)26-7-6-21(12-30)28-24(26)5-4-8-32-28/h4-8,11,13,20,23,25,27H,9-10,14-18,31H2,1-3H3/t20-,23+,25-,27-/m1/s1/i8D. The predicted octanol–water partition coefficient (Wildman–Crippen LogP) is 2.37. The summed E-state index contributed by atoms with van der Waals surface area (Å²) < 4.78 is 13.5. The summed E-state index contributed by atoms with van der Waals surface area (Å²) in [5.74, 6) is 1.05. The highest BCUT2D eigenvalue weighted by molar-refractivity contribution is 5.95. The van der Waals surface area contributed by atoms with Gasteiger partial charge in [0.25, 0.3) is 0 Å². The number of fused-ring (bicyclic) bond motifs is 2. The van der Waals surface area contributed by atoms with Crippen LogP contribution in [0.1, 0.15) is 19.4 Å². The maximum absolute atomic E-state index is 9.60. The zero-order valence-electron chi connectivity index (χ0n) is 23.3. The second-order valence-electron chi connectivity index (χ2n) is 10.8. The van der Waals surface area contributed by atoms with E-state index < -0.39 is 0 Å². The maximum atomic E-state index is 9.60. The molecule has 3 aliphatic heterocycles. The van der Waals surface area contributed by atoms with Crippen molar-refractivity contribution < 1.29 is 6.11 Å². The molecule has 9 heteroatoms. The van der Waals surface area contributed by atoms with Crippen LogP contribution in [0.15, 0.2) is 42.7 Å². The van der Waals surface area contributed by atoms with Crippen molar-refractivity contribution in [2.45, 2.75) is 38.1 Å². The second kappa shape index (κ2) is 10.0. The van der Waals surface area contributed by atoms with Crippen LogP contribution in [-0.4, -0.2) is 92.0 Å². The van der Waals surface area contributed by atoms with Crippen molar-refractivity contribution in [3.63, 3.8) is 0 Å². The Hall–Kier alpha value is -3.45. The topological polar surface area (TPSA) is 97.8 Å². The van der Waals surface area contributed by atoms with Crippen molar-refractivity contribution in [1.29, 1.82) is 5.26 Å². The van der Waals surface area contributed by atoms with E-state index in [1.165, 1.54) is 5.56 Å². The Labute approximate surface area is 225 Å². The molecule has 3 fully saturated rings. The van der Waals surface area contributed by atoms with Crippen LogP contribution in [0.5, 0.6) is 0 Å². The number of hydrogen-bond acceptors (Lipinski definition) is 9. The highest BCUT2D eigenvalue weighted by Gasteiger charge is 2.37. The summed E-state index contributed by atoms with van der Waals surface area (Å²) in [6, 6.07) is 12.7. The Morgan fingerprint density at radius 1 is 1.08 bits per heavy atom. The van der Waals surface area contributed by atoms with Gasteiger partial charge in [0, 0.05) is 82.3 Å². The second-order valence-corrected chi connectivity index (χ2v) is 10.8. The Kier molecular flexibility index (Phi) is 6.24. The van der Waals surface area contributed by atoms with E-state index in [1.807, 2.05) is 24.4 Å². The smallest absolute Gasteiger partial charge is 0.131 e. The van der Waals surface area contributed by atoms with E-state index >= 15 is 0 Å². The number of aromatic nitrogens is 2. The van der Waals surface area contributed by atoms with Gasteiger partial charge in [-0.15, -0.1) is 0 Å². The zero-order chi connectivity index (χ0) is 27.3. The normalized spacial score (nSPS) is 26.4. The first kappa shape index (κ1) is 23.7. The largest absolute Gasteiger partial charge is 0.378 e. The molecule has 0 unspecified atom stereocenters. The molecule has 0 aliphatic carbocycles. The number of rotatable bonds is 4. The minimum Gasteiger partial charge on any atom is -0.378 e. The minimum absolute atomic E-state index is 0.0114. The summed E-state index contributed by atoms with van der Waals surface area (Å²) in [5, 5.41) is 10.5. The summed E-state index contributed by atoms with van der Waals surface area (Å²) in [4.78, 5) is 19.1. The van der Waals surface area contributed by atoms with Gasteiger partial charge in [0.2, 0.25) is 0 Å². The maximum Gasteiger partial charge on any atom is 0.131 e. The van der Waals surface area contributed by atoms with E-state index in [0.29, 0.717) is 23.2 Å². The van der Waals surface area contributed by atoms with Crippen molar-refractivity contribution in [2.75, 3.05) is 67.6 Å². The first-order valence-corrected chi connectivity index (χ1v) is 13.4. The van der Waals surface area contributed by atoms with Crippen LogP contribution in [0.3, 0.4) is 0 Å². The summed E-state index contributed by atoms with van der Waals surface area (Å²) in [5.41, 5.74) is 10.7. The van der Waals surface area contributed by atoms with Gasteiger partial charge < -0.3 is 25.2 Å². The van der Waals surface area contributed by atoms with Gasteiger partial charge in [0.15, 0.2) is 0 Å². The summed E-state index contributed by atoms with van der Waals surface area (Å²) in [6.45, 7) is 10.6. The molecule has 0 saturated carbocycles. The molecule has 2 aromatic heterocycles. The van der Waals surface area contributed by atoms with Crippen LogP contribution in [0.2, 0.25) is 0 Å². The molecule has 3 aromatic rings. The molecular weight excluding hydrogens is 476 g/mol. The molecule has 1 aromatic carbocycles. The molecule has 198 valence electrons. The fraction of sp³-hybridized carbons (Fsp3) is 0.483. The van der Waals surface area contributed by atoms with Gasteiger partial charge in [-0.1, -0.05) is 0 Å². The number of piperazine rings is 2. The lowest BCUT2D eigenvalue weighted by molar-refractivity contribution is 0.108. The Bertz CT molecular complexity index is 1430. The van der Waals surface area contributed by atoms with E-state index in [0.717, 1.165) is 68.4 Å². The molecule has 3 saturated heterocycles. The van der Waals surface area contributed by atoms with Crippen molar-refractivity contribution in [3.8, 4) is 6.07 Å². The molecule has 0 bridgehead atoms. The van der Waals surface area contributed by atoms with Crippen LogP contribution in [0, 0.1) is 18.3 Å². The number of benzene rings is 1. The summed E-state index contributed by atoms with van der Waals surface area (Å²) in [6.07, 6.45) is 2.20. The number of ether oxygens (including phenoxy) is 1. The van der Waals surface area contributed by atoms with E-state index in [2.05, 4.69) is 50.6 Å². The van der Waals surface area contributed by atoms with Gasteiger partial charge in [0.05, 0.1) is 36.5 Å². The zero-order valence-corrected chi connectivity index (χ0v) is 22.3. The molecule has 0 radical (unpaired) electrons. The summed E-state index contributed by atoms with van der Waals surface area (Å²) in [7, 11) is 1.72. The van der Waals surface area contributed by atoms with Gasteiger partial charge in [-0.2, -0.15) is 5.26 Å². The monoisotopic (exact) mass is 513 g/mol. The molecule has 2 N–H and O–H groups in total. The molecule has 5 heterocycles. The third-order valence-electron chi connectivity index (χ3n) is 8.48. The van der Waals surface area contributed by atoms with E-state index in [4.69, 9.17) is 16.8 Å². The Balaban J connectivity index is 1.22. The Morgan fingerprint density at radius 2 is 1.92 bits per heavy atom. The van der Waals surface area contributed by atoms with Crippen molar-refractivity contribution in [1.82, 2.24) is 14.9 Å². The first-order chi connectivity index (χ1) is 18.9. The molecule has 9 nitrogen and oxygen atoms in total. The van der Waals surface area contributed by atoms with Crippen LogP contribution in [0.4, 0.5) is 17.2 Å². The van der Waals surface area contributed by atoms with Crippen LogP contribution in [-0.2, 0) is 4.74 Å². The van der Waals surface area contributed by atoms with E-state index in [-0.39, 0.29) is 18.3 Å². The lowest BCUT2D eigenvalue weighted by Gasteiger charge is -2.51. The number of hydrogen-bond donors (Lipinski definition) is 1. The molecule has 0 spiro atoms. The number of aryl methyl sites for hydroxylation is 1.